The SMILES string of the molecule is CC[C@H](C)[C@@H]([C@@H](CC(=O)N1CCC[C@H]1[C@@H](CC)OC)OC)N(C)C(=O)CC(C)C. The molecule has 1 rings (SSSR count). The van der Waals surface area contributed by atoms with E-state index in [0.717, 1.165) is 32.2 Å². The van der Waals surface area contributed by atoms with Crippen molar-refractivity contribution in [1.29, 1.82) is 0 Å². The Morgan fingerprint density at radius 3 is 2.21 bits per heavy atom. The van der Waals surface area contributed by atoms with Crippen molar-refractivity contribution in [3.63, 3.8) is 0 Å². The number of carbonyl (C=O) groups is 2. The molecule has 0 bridgehead atoms. The van der Waals surface area contributed by atoms with Crippen LogP contribution in [0.5, 0.6) is 0 Å². The third kappa shape index (κ3) is 6.95. The summed E-state index contributed by atoms with van der Waals surface area (Å²) in [6, 6.07) is 0.0167. The molecule has 2 amide bonds. The van der Waals surface area contributed by atoms with E-state index in [9.17, 15) is 9.59 Å². The molecule has 6 heteroatoms. The Labute approximate surface area is 178 Å². The minimum Gasteiger partial charge on any atom is -0.379 e. The zero-order chi connectivity index (χ0) is 22.1. The molecule has 1 saturated heterocycles. The Bertz CT molecular complexity index is 507. The van der Waals surface area contributed by atoms with Gasteiger partial charge in [0.2, 0.25) is 11.8 Å². The molecule has 1 aliphatic heterocycles. The van der Waals surface area contributed by atoms with Crippen LogP contribution in [-0.2, 0) is 19.1 Å². The zero-order valence-corrected chi connectivity index (χ0v) is 19.9. The first-order valence-corrected chi connectivity index (χ1v) is 11.3. The number of hydrogen-bond donors (Lipinski definition) is 0. The van der Waals surface area contributed by atoms with Gasteiger partial charge in [0.25, 0.3) is 0 Å². The van der Waals surface area contributed by atoms with Crippen LogP contribution < -0.4 is 0 Å². The largest absolute Gasteiger partial charge is 0.379 e. The number of hydrogen-bond acceptors (Lipinski definition) is 4. The average Bonchev–Trinajstić information content (AvgIpc) is 3.17. The lowest BCUT2D eigenvalue weighted by Crippen LogP contribution is -2.52. The lowest BCUT2D eigenvalue weighted by atomic mass is 9.90. The van der Waals surface area contributed by atoms with Crippen molar-refractivity contribution >= 4 is 11.8 Å². The molecule has 1 fully saturated rings. The van der Waals surface area contributed by atoms with Crippen LogP contribution in [0.15, 0.2) is 0 Å². The molecular weight excluding hydrogens is 368 g/mol. The molecule has 5 atom stereocenters. The smallest absolute Gasteiger partial charge is 0.225 e. The van der Waals surface area contributed by atoms with E-state index >= 15 is 0 Å². The molecular formula is C23H44N2O4. The van der Waals surface area contributed by atoms with Gasteiger partial charge in [0.1, 0.15) is 0 Å². The van der Waals surface area contributed by atoms with E-state index in [1.807, 2.05) is 16.8 Å². The minimum atomic E-state index is -0.317. The van der Waals surface area contributed by atoms with Gasteiger partial charge < -0.3 is 19.3 Å². The summed E-state index contributed by atoms with van der Waals surface area (Å²) in [5.74, 6) is 0.762. The standard InChI is InChI=1S/C23H44N2O4/c1-9-17(5)23(24(6)21(26)14-16(3)4)20(29-8)15-22(27)25-13-11-12-18(25)19(10-2)28-7/h16-20,23H,9-15H2,1-8H3/t17-,18-,19+,20+,23-/m0/s1. The maximum Gasteiger partial charge on any atom is 0.225 e. The molecule has 0 saturated carbocycles. The molecule has 0 N–H and O–H groups in total. The lowest BCUT2D eigenvalue weighted by Gasteiger charge is -2.39. The quantitative estimate of drug-likeness (QED) is 0.490. The van der Waals surface area contributed by atoms with Gasteiger partial charge in [0.05, 0.1) is 30.7 Å². The number of likely N-dealkylation sites (N-methyl/N-ethyl adjacent to an activating group) is 1. The molecule has 1 heterocycles. The number of nitrogens with zero attached hydrogens (tertiary/aromatic N) is 2. The van der Waals surface area contributed by atoms with Crippen LogP contribution >= 0.6 is 0 Å². The first-order chi connectivity index (χ1) is 13.7. The predicted molar refractivity (Wildman–Crippen MR) is 117 cm³/mol. The van der Waals surface area contributed by atoms with E-state index in [1.165, 1.54) is 0 Å². The molecule has 0 aromatic heterocycles. The van der Waals surface area contributed by atoms with Crippen molar-refractivity contribution in [2.75, 3.05) is 27.8 Å². The maximum absolute atomic E-state index is 13.2. The number of amides is 2. The number of rotatable bonds is 12. The van der Waals surface area contributed by atoms with E-state index < -0.39 is 0 Å². The average molecular weight is 413 g/mol. The molecule has 0 spiro atoms. The summed E-state index contributed by atoms with van der Waals surface area (Å²) in [7, 11) is 5.23. The zero-order valence-electron chi connectivity index (χ0n) is 19.9. The fraction of sp³-hybridized carbons (Fsp3) is 0.913. The van der Waals surface area contributed by atoms with Crippen molar-refractivity contribution in [1.82, 2.24) is 9.80 Å². The van der Waals surface area contributed by atoms with Crippen molar-refractivity contribution in [2.24, 2.45) is 11.8 Å². The maximum atomic E-state index is 13.2. The molecule has 0 radical (unpaired) electrons. The molecule has 0 aromatic rings. The van der Waals surface area contributed by atoms with Crippen LogP contribution in [0.1, 0.15) is 73.1 Å². The van der Waals surface area contributed by atoms with E-state index in [4.69, 9.17) is 9.47 Å². The summed E-state index contributed by atoms with van der Waals surface area (Å²) < 4.78 is 11.4. The normalized spacial score (nSPS) is 21.1. The number of methoxy groups -OCH3 is 2. The fourth-order valence-corrected chi connectivity index (χ4v) is 4.62. The molecule has 0 unspecified atom stereocenters. The van der Waals surface area contributed by atoms with Crippen molar-refractivity contribution in [3.8, 4) is 0 Å². The van der Waals surface area contributed by atoms with E-state index in [1.54, 1.807) is 14.2 Å². The second-order valence-corrected chi connectivity index (χ2v) is 8.94. The third-order valence-corrected chi connectivity index (χ3v) is 6.46. The van der Waals surface area contributed by atoms with E-state index in [0.29, 0.717) is 18.8 Å². The Morgan fingerprint density at radius 2 is 1.72 bits per heavy atom. The number of likely N-dealkylation sites (tertiary alicyclic amines) is 1. The second-order valence-electron chi connectivity index (χ2n) is 8.94. The van der Waals surface area contributed by atoms with Gasteiger partial charge in [-0.3, -0.25) is 9.59 Å². The molecule has 1 aliphatic rings. The highest BCUT2D eigenvalue weighted by molar-refractivity contribution is 5.78. The van der Waals surface area contributed by atoms with Gasteiger partial charge in [-0.25, -0.2) is 0 Å². The first kappa shape index (κ1) is 25.9. The van der Waals surface area contributed by atoms with Crippen LogP contribution in [-0.4, -0.2) is 73.7 Å². The van der Waals surface area contributed by atoms with Crippen LogP contribution in [0.25, 0.3) is 0 Å². The van der Waals surface area contributed by atoms with Crippen LogP contribution in [0, 0.1) is 11.8 Å². The monoisotopic (exact) mass is 412 g/mol. The van der Waals surface area contributed by atoms with E-state index in [-0.39, 0.29) is 42.0 Å². The Kier molecular flexibility index (Phi) is 11.2. The summed E-state index contributed by atoms with van der Waals surface area (Å²) in [6.07, 6.45) is 4.36. The number of ether oxygens (including phenoxy) is 2. The van der Waals surface area contributed by atoms with Gasteiger partial charge in [0.15, 0.2) is 0 Å². The van der Waals surface area contributed by atoms with Gasteiger partial charge >= 0.3 is 0 Å². The van der Waals surface area contributed by atoms with Crippen molar-refractivity contribution in [3.05, 3.63) is 0 Å². The molecule has 6 nitrogen and oxygen atoms in total. The summed E-state index contributed by atoms with van der Waals surface area (Å²) in [5, 5.41) is 0. The molecule has 170 valence electrons. The van der Waals surface area contributed by atoms with Crippen molar-refractivity contribution < 1.29 is 19.1 Å². The van der Waals surface area contributed by atoms with Gasteiger partial charge in [-0.15, -0.1) is 0 Å². The summed E-state index contributed by atoms with van der Waals surface area (Å²) >= 11 is 0. The van der Waals surface area contributed by atoms with Gasteiger partial charge in [-0.05, 0) is 31.1 Å². The Hall–Kier alpha value is -1.14. The first-order valence-electron chi connectivity index (χ1n) is 11.3. The fourth-order valence-electron chi connectivity index (χ4n) is 4.62. The highest BCUT2D eigenvalue weighted by atomic mass is 16.5. The minimum absolute atomic E-state index is 0.0723. The molecule has 29 heavy (non-hydrogen) atoms. The van der Waals surface area contributed by atoms with Crippen molar-refractivity contribution in [2.45, 2.75) is 97.4 Å². The van der Waals surface area contributed by atoms with E-state index in [2.05, 4.69) is 34.6 Å². The predicted octanol–water partition coefficient (Wildman–Crippen LogP) is 3.73. The molecule has 0 aromatic carbocycles. The van der Waals surface area contributed by atoms with Gasteiger partial charge in [0, 0.05) is 34.2 Å². The van der Waals surface area contributed by atoms with Crippen LogP contribution in [0.3, 0.4) is 0 Å². The van der Waals surface area contributed by atoms with Crippen LogP contribution in [0.4, 0.5) is 0 Å². The van der Waals surface area contributed by atoms with Crippen LogP contribution in [0.2, 0.25) is 0 Å². The Balaban J connectivity index is 2.97. The summed E-state index contributed by atoms with van der Waals surface area (Å²) in [5.41, 5.74) is 0. The van der Waals surface area contributed by atoms with Gasteiger partial charge in [-0.1, -0.05) is 41.0 Å². The topological polar surface area (TPSA) is 59.1 Å². The highest BCUT2D eigenvalue weighted by Crippen LogP contribution is 2.27. The Morgan fingerprint density at radius 1 is 1.07 bits per heavy atom. The summed E-state index contributed by atoms with van der Waals surface area (Å²) in [6.45, 7) is 11.2. The van der Waals surface area contributed by atoms with Gasteiger partial charge in [-0.2, -0.15) is 0 Å². The highest BCUT2D eigenvalue weighted by Gasteiger charge is 2.38. The second kappa shape index (κ2) is 12.5. The lowest BCUT2D eigenvalue weighted by molar-refractivity contribution is -0.144. The molecule has 0 aliphatic carbocycles. The number of carbonyl (C=O) groups excluding carboxylic acids is 2. The third-order valence-electron chi connectivity index (χ3n) is 6.46. The summed E-state index contributed by atoms with van der Waals surface area (Å²) in [4.78, 5) is 29.8.